The number of ether oxygens (including phenoxy) is 4. The average Bonchev–Trinajstić information content (AvgIpc) is 3.42. The summed E-state index contributed by atoms with van der Waals surface area (Å²) in [5, 5.41) is 0. The molecule has 0 heterocycles. The highest BCUT2D eigenvalue weighted by atomic mass is 32.2. The fraction of sp³-hybridized carbons (Fsp3) is 0.375. The second kappa shape index (κ2) is 33.3. The fourth-order valence-corrected chi connectivity index (χ4v) is 8.96. The van der Waals surface area contributed by atoms with E-state index in [-0.39, 0.29) is 0 Å². The van der Waals surface area contributed by atoms with Crippen molar-refractivity contribution in [1.29, 1.82) is 0 Å². The molecule has 0 spiro atoms. The van der Waals surface area contributed by atoms with Crippen molar-refractivity contribution in [1.82, 2.24) is 0 Å². The van der Waals surface area contributed by atoms with Crippen LogP contribution in [-0.2, 0) is 0 Å². The summed E-state index contributed by atoms with van der Waals surface area (Å²) < 4.78 is 23.2. The molecular formula is C64H76N2O6S. The number of unbranched alkanes of at least 4 members (excludes halogenated alkanes) is 18. The molecule has 9 heteroatoms. The van der Waals surface area contributed by atoms with E-state index in [0.717, 1.165) is 69.8 Å². The topological polar surface area (TPSA) is 95.8 Å². The van der Waals surface area contributed by atoms with Gasteiger partial charge in [-0.15, -0.1) is 0 Å². The Morgan fingerprint density at radius 2 is 0.671 bits per heavy atom. The molecule has 0 fully saturated rings. The highest BCUT2D eigenvalue weighted by molar-refractivity contribution is 7.99. The number of hydrogen-bond donors (Lipinski definition) is 0. The normalized spacial score (nSPS) is 11.3. The lowest BCUT2D eigenvalue weighted by atomic mass is 10.1. The third-order valence-electron chi connectivity index (χ3n) is 12.5. The molecule has 0 radical (unpaired) electrons. The van der Waals surface area contributed by atoms with Gasteiger partial charge >= 0.3 is 11.9 Å². The lowest BCUT2D eigenvalue weighted by molar-refractivity contribution is 0.0725. The molecule has 0 aromatic heterocycles. The molecule has 0 saturated carbocycles. The minimum Gasteiger partial charge on any atom is -0.494 e. The van der Waals surface area contributed by atoms with Gasteiger partial charge < -0.3 is 18.9 Å². The zero-order valence-electron chi connectivity index (χ0n) is 43.3. The third kappa shape index (κ3) is 22.1. The highest BCUT2D eigenvalue weighted by Gasteiger charge is 2.11. The van der Waals surface area contributed by atoms with E-state index in [1.54, 1.807) is 72.7 Å². The second-order valence-electron chi connectivity index (χ2n) is 18.6. The zero-order chi connectivity index (χ0) is 51.0. The molecule has 0 saturated heterocycles. The van der Waals surface area contributed by atoms with Crippen molar-refractivity contribution in [2.24, 2.45) is 9.98 Å². The molecule has 8 nitrogen and oxygen atoms in total. The summed E-state index contributed by atoms with van der Waals surface area (Å²) in [7, 11) is 0. The molecule has 0 aliphatic rings. The number of rotatable bonds is 34. The Balaban J connectivity index is 0.840. The van der Waals surface area contributed by atoms with Crippen molar-refractivity contribution in [3.05, 3.63) is 168 Å². The van der Waals surface area contributed by atoms with E-state index in [0.29, 0.717) is 22.6 Å². The molecule has 0 atom stereocenters. The first-order valence-electron chi connectivity index (χ1n) is 27.0. The molecule has 384 valence electrons. The van der Waals surface area contributed by atoms with Crippen molar-refractivity contribution < 1.29 is 28.5 Å². The maximum atomic E-state index is 13.0. The van der Waals surface area contributed by atoms with Crippen LogP contribution in [0.3, 0.4) is 0 Å². The van der Waals surface area contributed by atoms with Gasteiger partial charge in [-0.1, -0.05) is 165 Å². The summed E-state index contributed by atoms with van der Waals surface area (Å²) in [6, 6.07) is 44.7. The standard InChI is InChI=1S/C64H76N2O6S/c1-3-5-7-9-11-13-15-17-19-21-47-69-57-35-31-55(32-36-57)65-49-51-23-27-53(28-24-51)63(67)71-59-39-43-61(44-40-59)73-62-45-41-60(42-46-62)72-64(68)54-29-25-52(26-30-54)50-66-56-33-37-58(38-34-56)70-48-22-20-18-16-14-12-10-8-6-4-2/h23-46,49-50H,3-22,47-48H2,1-2H3. The summed E-state index contributed by atoms with van der Waals surface area (Å²) in [4.78, 5) is 37.0. The van der Waals surface area contributed by atoms with Crippen molar-refractivity contribution >= 4 is 47.5 Å². The lowest BCUT2D eigenvalue weighted by Crippen LogP contribution is -2.08. The fourth-order valence-electron chi connectivity index (χ4n) is 8.14. The number of nitrogens with zero attached hydrogens (tertiary/aromatic N) is 2. The van der Waals surface area contributed by atoms with Crippen LogP contribution >= 0.6 is 11.8 Å². The average molecular weight is 1000 g/mol. The third-order valence-corrected chi connectivity index (χ3v) is 13.5. The van der Waals surface area contributed by atoms with Crippen LogP contribution in [0.15, 0.2) is 165 Å². The zero-order valence-corrected chi connectivity index (χ0v) is 44.1. The van der Waals surface area contributed by atoms with Gasteiger partial charge in [-0.25, -0.2) is 9.59 Å². The van der Waals surface area contributed by atoms with Crippen molar-refractivity contribution in [2.45, 2.75) is 152 Å². The first-order chi connectivity index (χ1) is 35.9. The minimum atomic E-state index is -0.440. The molecule has 0 amide bonds. The maximum Gasteiger partial charge on any atom is 0.343 e. The van der Waals surface area contributed by atoms with E-state index >= 15 is 0 Å². The summed E-state index contributed by atoms with van der Waals surface area (Å²) in [5.41, 5.74) is 4.28. The Morgan fingerprint density at radius 1 is 0.370 bits per heavy atom. The van der Waals surface area contributed by atoms with Gasteiger partial charge in [0.1, 0.15) is 23.0 Å². The lowest BCUT2D eigenvalue weighted by Gasteiger charge is -2.08. The number of carbonyl (C=O) groups excluding carboxylic acids is 2. The Morgan fingerprint density at radius 3 is 1.00 bits per heavy atom. The van der Waals surface area contributed by atoms with Crippen LogP contribution in [-0.4, -0.2) is 37.6 Å². The molecule has 6 aromatic carbocycles. The summed E-state index contributed by atoms with van der Waals surface area (Å²) in [5.74, 6) is 1.73. The Labute approximate surface area is 440 Å². The van der Waals surface area contributed by atoms with Gasteiger partial charge in [-0.2, -0.15) is 0 Å². The molecule has 73 heavy (non-hydrogen) atoms. The van der Waals surface area contributed by atoms with Gasteiger partial charge in [0.15, 0.2) is 0 Å². The first-order valence-corrected chi connectivity index (χ1v) is 27.8. The SMILES string of the molecule is CCCCCCCCCCCCOc1ccc(N=Cc2ccc(C(=O)Oc3ccc(Sc4ccc(OC(=O)c5ccc(C=Nc6ccc(OCCCCCCCCCCCC)cc6)cc5)cc4)cc3)cc2)cc1. The van der Waals surface area contributed by atoms with E-state index in [9.17, 15) is 9.59 Å². The maximum absolute atomic E-state index is 13.0. The van der Waals surface area contributed by atoms with Crippen LogP contribution in [0.1, 0.15) is 174 Å². The van der Waals surface area contributed by atoms with Crippen molar-refractivity contribution in [3.63, 3.8) is 0 Å². The van der Waals surface area contributed by atoms with Crippen LogP contribution in [0.2, 0.25) is 0 Å². The van der Waals surface area contributed by atoms with E-state index in [1.165, 1.54) is 116 Å². The highest BCUT2D eigenvalue weighted by Crippen LogP contribution is 2.31. The molecule has 0 aliphatic carbocycles. The molecule has 0 unspecified atom stereocenters. The van der Waals surface area contributed by atoms with E-state index < -0.39 is 11.9 Å². The number of aliphatic imine (C=N–C) groups is 2. The van der Waals surface area contributed by atoms with Crippen LogP contribution in [0.5, 0.6) is 23.0 Å². The monoisotopic (exact) mass is 1000 g/mol. The number of esters is 2. The quantitative estimate of drug-likeness (QED) is 0.0172. The Hall–Kier alpha value is -6.45. The predicted molar refractivity (Wildman–Crippen MR) is 302 cm³/mol. The molecular weight excluding hydrogens is 925 g/mol. The predicted octanol–water partition coefficient (Wildman–Crippen LogP) is 18.4. The van der Waals surface area contributed by atoms with E-state index in [4.69, 9.17) is 18.9 Å². The smallest absolute Gasteiger partial charge is 0.343 e. The van der Waals surface area contributed by atoms with Gasteiger partial charge in [0, 0.05) is 22.2 Å². The van der Waals surface area contributed by atoms with Crippen LogP contribution in [0.25, 0.3) is 0 Å². The van der Waals surface area contributed by atoms with Crippen LogP contribution < -0.4 is 18.9 Å². The van der Waals surface area contributed by atoms with Crippen molar-refractivity contribution in [3.8, 4) is 23.0 Å². The molecule has 0 aliphatic heterocycles. The largest absolute Gasteiger partial charge is 0.494 e. The summed E-state index contributed by atoms with van der Waals surface area (Å²) in [6.45, 7) is 6.00. The van der Waals surface area contributed by atoms with Crippen LogP contribution in [0.4, 0.5) is 11.4 Å². The number of hydrogen-bond acceptors (Lipinski definition) is 9. The molecule has 6 aromatic rings. The second-order valence-corrected chi connectivity index (χ2v) is 19.8. The van der Waals surface area contributed by atoms with E-state index in [2.05, 4.69) is 23.8 Å². The minimum absolute atomic E-state index is 0.440. The Kier molecular flexibility index (Phi) is 25.5. The van der Waals surface area contributed by atoms with Gasteiger partial charge in [0.05, 0.1) is 35.7 Å². The van der Waals surface area contributed by atoms with E-state index in [1.807, 2.05) is 97.1 Å². The van der Waals surface area contributed by atoms with Gasteiger partial charge in [0.2, 0.25) is 0 Å². The Bertz CT molecular complexity index is 2340. The number of carbonyl (C=O) groups is 2. The summed E-state index contributed by atoms with van der Waals surface area (Å²) >= 11 is 1.54. The molecule has 0 N–H and O–H groups in total. The van der Waals surface area contributed by atoms with Gasteiger partial charge in [-0.05, 0) is 145 Å². The van der Waals surface area contributed by atoms with Gasteiger partial charge in [-0.3, -0.25) is 9.98 Å². The first kappa shape index (κ1) is 55.9. The molecule has 0 bridgehead atoms. The van der Waals surface area contributed by atoms with Gasteiger partial charge in [0.25, 0.3) is 0 Å². The summed E-state index contributed by atoms with van der Waals surface area (Å²) in [6.07, 6.45) is 29.7. The van der Waals surface area contributed by atoms with Crippen molar-refractivity contribution in [2.75, 3.05) is 13.2 Å². The van der Waals surface area contributed by atoms with Crippen LogP contribution in [0, 0.1) is 0 Å². The number of benzene rings is 6. The molecule has 6 rings (SSSR count).